The first-order valence-corrected chi connectivity index (χ1v) is 6.87. The Morgan fingerprint density at radius 1 is 1.23 bits per heavy atom. The number of halogens is 1. The molecule has 8 heteroatoms. The van der Waals surface area contributed by atoms with E-state index in [1.807, 2.05) is 0 Å². The van der Waals surface area contributed by atoms with Crippen LogP contribution in [0.4, 0.5) is 11.4 Å². The Kier molecular flexibility index (Phi) is 4.77. The van der Waals surface area contributed by atoms with Gasteiger partial charge in [-0.2, -0.15) is 0 Å². The fraction of sp³-hybridized carbons (Fsp3) is 0.286. The first kappa shape index (κ1) is 16.0. The highest BCUT2D eigenvalue weighted by atomic mass is 35.5. The molecule has 1 N–H and O–H groups in total. The van der Waals surface area contributed by atoms with Crippen molar-refractivity contribution in [1.82, 2.24) is 0 Å². The molecular formula is C14H12ClN2O5-. The largest absolute Gasteiger partial charge is 0.550 e. The monoisotopic (exact) mass is 323 g/mol. The van der Waals surface area contributed by atoms with Crippen molar-refractivity contribution in [3.05, 3.63) is 45.5 Å². The number of nitrogens with zero attached hydrogens (tertiary/aromatic N) is 1. The van der Waals surface area contributed by atoms with Gasteiger partial charge in [0.1, 0.15) is 0 Å². The molecule has 22 heavy (non-hydrogen) atoms. The molecule has 0 fully saturated rings. The third-order valence-corrected chi connectivity index (χ3v) is 3.79. The van der Waals surface area contributed by atoms with Crippen LogP contribution in [-0.2, 0) is 9.59 Å². The second-order valence-electron chi connectivity index (χ2n) is 4.92. The van der Waals surface area contributed by atoms with Crippen molar-refractivity contribution in [3.63, 3.8) is 0 Å². The summed E-state index contributed by atoms with van der Waals surface area (Å²) in [4.78, 5) is 33.3. The molecule has 0 aliphatic heterocycles. The van der Waals surface area contributed by atoms with E-state index in [2.05, 4.69) is 5.32 Å². The smallest absolute Gasteiger partial charge is 0.269 e. The maximum Gasteiger partial charge on any atom is 0.269 e. The zero-order valence-corrected chi connectivity index (χ0v) is 12.1. The van der Waals surface area contributed by atoms with Gasteiger partial charge in [0.2, 0.25) is 5.91 Å². The molecule has 0 aromatic heterocycles. The quantitative estimate of drug-likeness (QED) is 0.665. The van der Waals surface area contributed by atoms with Gasteiger partial charge in [-0.05, 0) is 25.0 Å². The molecule has 0 heterocycles. The number of carboxylic acid groups (broad SMARTS) is 1. The Bertz CT molecular complexity index is 641. The number of aliphatic carboxylic acids is 1. The topological polar surface area (TPSA) is 112 Å². The Labute approximate surface area is 130 Å². The average Bonchev–Trinajstić information content (AvgIpc) is 2.47. The molecule has 1 aliphatic rings. The van der Waals surface area contributed by atoms with E-state index in [4.69, 9.17) is 11.6 Å². The van der Waals surface area contributed by atoms with Gasteiger partial charge in [0.25, 0.3) is 5.69 Å². The molecule has 1 amide bonds. The molecule has 0 bridgehead atoms. The molecule has 0 spiro atoms. The van der Waals surface area contributed by atoms with Crippen LogP contribution in [0, 0.1) is 22.0 Å². The van der Waals surface area contributed by atoms with Crippen molar-refractivity contribution >= 4 is 34.9 Å². The van der Waals surface area contributed by atoms with Crippen LogP contribution in [0.2, 0.25) is 0 Å². The van der Waals surface area contributed by atoms with E-state index in [1.165, 1.54) is 24.3 Å². The minimum absolute atomic E-state index is 0.103. The molecule has 1 aromatic carbocycles. The van der Waals surface area contributed by atoms with Crippen LogP contribution < -0.4 is 10.4 Å². The lowest BCUT2D eigenvalue weighted by Crippen LogP contribution is -2.42. The molecule has 0 saturated heterocycles. The second-order valence-corrected chi connectivity index (χ2v) is 5.40. The zero-order chi connectivity index (χ0) is 16.3. The first-order chi connectivity index (χ1) is 10.4. The minimum Gasteiger partial charge on any atom is -0.550 e. The summed E-state index contributed by atoms with van der Waals surface area (Å²) in [6.07, 6.45) is 1.83. The van der Waals surface area contributed by atoms with Gasteiger partial charge in [-0.1, -0.05) is 17.7 Å². The van der Waals surface area contributed by atoms with E-state index in [0.29, 0.717) is 10.7 Å². The summed E-state index contributed by atoms with van der Waals surface area (Å²) in [5, 5.41) is 24.6. The first-order valence-electron chi connectivity index (χ1n) is 6.49. The van der Waals surface area contributed by atoms with Crippen LogP contribution in [0.25, 0.3) is 0 Å². The predicted octanol–water partition coefficient (Wildman–Crippen LogP) is 1.43. The van der Waals surface area contributed by atoms with E-state index in [0.717, 1.165) is 0 Å². The highest BCUT2D eigenvalue weighted by Gasteiger charge is 2.32. The number of allylic oxidation sites excluding steroid dienone is 2. The van der Waals surface area contributed by atoms with Gasteiger partial charge in [0.05, 0.1) is 10.8 Å². The standard InChI is InChI=1S/C14H13ClN2O5/c15-8-1-6-11(14(19)20)12(7-8)13(18)16-9-2-4-10(5-3-9)17(21)22/h1-5,11-12H,6-7H2,(H,16,18)(H,19,20)/p-1/t11-,12+/m1/s1. The van der Waals surface area contributed by atoms with Gasteiger partial charge in [-0.15, -0.1) is 0 Å². The highest BCUT2D eigenvalue weighted by Crippen LogP contribution is 2.32. The van der Waals surface area contributed by atoms with Crippen LogP contribution in [0.5, 0.6) is 0 Å². The molecule has 116 valence electrons. The van der Waals surface area contributed by atoms with Crippen LogP contribution in [0.3, 0.4) is 0 Å². The third-order valence-electron chi connectivity index (χ3n) is 3.48. The van der Waals surface area contributed by atoms with Crippen LogP contribution >= 0.6 is 11.6 Å². The van der Waals surface area contributed by atoms with E-state index in [1.54, 1.807) is 6.08 Å². The van der Waals surface area contributed by atoms with Crippen molar-refractivity contribution in [3.8, 4) is 0 Å². The van der Waals surface area contributed by atoms with E-state index in [9.17, 15) is 24.8 Å². The lowest BCUT2D eigenvalue weighted by molar-refractivity contribution is -0.384. The summed E-state index contributed by atoms with van der Waals surface area (Å²) in [5.74, 6) is -3.59. The van der Waals surface area contributed by atoms with Crippen molar-refractivity contribution in [2.75, 3.05) is 5.32 Å². The summed E-state index contributed by atoms with van der Waals surface area (Å²) in [7, 11) is 0. The van der Waals surface area contributed by atoms with Gasteiger partial charge in [0.15, 0.2) is 0 Å². The van der Waals surface area contributed by atoms with Crippen molar-refractivity contribution < 1.29 is 19.6 Å². The molecule has 0 radical (unpaired) electrons. The van der Waals surface area contributed by atoms with Gasteiger partial charge in [0, 0.05) is 34.7 Å². The van der Waals surface area contributed by atoms with Gasteiger partial charge < -0.3 is 15.2 Å². The number of nitrogens with one attached hydrogen (secondary N) is 1. The maximum atomic E-state index is 12.2. The summed E-state index contributed by atoms with van der Waals surface area (Å²) >= 11 is 5.88. The zero-order valence-electron chi connectivity index (χ0n) is 11.3. The molecular weight excluding hydrogens is 312 g/mol. The second kappa shape index (κ2) is 6.57. The summed E-state index contributed by atoms with van der Waals surface area (Å²) in [5.41, 5.74) is 0.243. The molecule has 7 nitrogen and oxygen atoms in total. The Morgan fingerprint density at radius 2 is 1.86 bits per heavy atom. The van der Waals surface area contributed by atoms with Gasteiger partial charge in [-0.3, -0.25) is 14.9 Å². The lowest BCUT2D eigenvalue weighted by Gasteiger charge is -2.29. The van der Waals surface area contributed by atoms with E-state index in [-0.39, 0.29) is 18.5 Å². The molecule has 1 aliphatic carbocycles. The number of carboxylic acids is 1. The Hall–Kier alpha value is -2.41. The molecule has 2 rings (SSSR count). The fourth-order valence-electron chi connectivity index (χ4n) is 2.29. The predicted molar refractivity (Wildman–Crippen MR) is 76.9 cm³/mol. The Morgan fingerprint density at radius 3 is 2.41 bits per heavy atom. The lowest BCUT2D eigenvalue weighted by atomic mass is 9.82. The number of non-ortho nitro benzene ring substituents is 1. The number of hydrogen-bond donors (Lipinski definition) is 1. The summed E-state index contributed by atoms with van der Waals surface area (Å²) in [6, 6.07) is 5.26. The normalized spacial score (nSPS) is 20.9. The van der Waals surface area contributed by atoms with Crippen molar-refractivity contribution in [2.45, 2.75) is 12.8 Å². The maximum absolute atomic E-state index is 12.2. The van der Waals surface area contributed by atoms with E-state index < -0.39 is 28.6 Å². The number of anilines is 1. The number of amides is 1. The van der Waals surface area contributed by atoms with Crippen molar-refractivity contribution in [2.24, 2.45) is 11.8 Å². The molecule has 2 atom stereocenters. The fourth-order valence-corrected chi connectivity index (χ4v) is 2.55. The van der Waals surface area contributed by atoms with E-state index >= 15 is 0 Å². The summed E-state index contributed by atoms with van der Waals surface area (Å²) < 4.78 is 0. The van der Waals surface area contributed by atoms with Crippen LogP contribution in [0.1, 0.15) is 12.8 Å². The highest BCUT2D eigenvalue weighted by molar-refractivity contribution is 6.29. The van der Waals surface area contributed by atoms with Crippen LogP contribution in [-0.4, -0.2) is 16.8 Å². The molecule has 0 unspecified atom stereocenters. The molecule has 1 aromatic rings. The number of hydrogen-bond acceptors (Lipinski definition) is 5. The number of nitro groups is 1. The van der Waals surface area contributed by atoms with Crippen LogP contribution in [0.15, 0.2) is 35.4 Å². The number of carbonyl (C=O) groups excluding carboxylic acids is 2. The Balaban J connectivity index is 2.11. The molecule has 0 saturated carbocycles. The van der Waals surface area contributed by atoms with Crippen molar-refractivity contribution in [1.29, 1.82) is 0 Å². The number of benzene rings is 1. The van der Waals surface area contributed by atoms with Gasteiger partial charge >= 0.3 is 0 Å². The minimum atomic E-state index is -1.30. The number of rotatable bonds is 4. The SMILES string of the molecule is O=C(Nc1ccc([N+](=O)[O-])cc1)[C@H]1CC(Cl)=CC[C@H]1C(=O)[O-]. The number of carbonyl (C=O) groups is 2. The summed E-state index contributed by atoms with van der Waals surface area (Å²) in [6.45, 7) is 0. The third kappa shape index (κ3) is 3.62. The number of nitro benzene ring substituents is 1. The van der Waals surface area contributed by atoms with Gasteiger partial charge in [-0.25, -0.2) is 0 Å². The average molecular weight is 324 g/mol.